The molecule has 2 N–H and O–H groups in total. The van der Waals surface area contributed by atoms with Crippen molar-refractivity contribution in [2.24, 2.45) is 0 Å². The van der Waals surface area contributed by atoms with Crippen molar-refractivity contribution in [1.82, 2.24) is 4.31 Å². The van der Waals surface area contributed by atoms with Crippen LogP contribution in [0.3, 0.4) is 0 Å². The van der Waals surface area contributed by atoms with Crippen LogP contribution in [0.5, 0.6) is 0 Å². The van der Waals surface area contributed by atoms with Gasteiger partial charge in [-0.2, -0.15) is 17.5 Å². The largest absolute Gasteiger partial charge is 0.416 e. The highest BCUT2D eigenvalue weighted by Gasteiger charge is 2.30. The lowest BCUT2D eigenvalue weighted by molar-refractivity contribution is -0.137. The molecule has 0 aromatic heterocycles. The Bertz CT molecular complexity index is 1030. The monoisotopic (exact) mass is 457 g/mol. The molecule has 1 saturated heterocycles. The lowest BCUT2D eigenvalue weighted by Crippen LogP contribution is -2.36. The molecule has 2 aromatic rings. The van der Waals surface area contributed by atoms with E-state index in [1.165, 1.54) is 22.5 Å². The minimum Gasteiger partial charge on any atom is -0.332 e. The fourth-order valence-corrected chi connectivity index (χ4v) is 5.27. The third kappa shape index (κ3) is 5.30. The summed E-state index contributed by atoms with van der Waals surface area (Å²) in [7, 11) is -3.63. The minimum atomic E-state index is -4.46. The number of hydrogen-bond acceptors (Lipinski definition) is 3. The molecule has 0 bridgehead atoms. The van der Waals surface area contributed by atoms with Crippen LogP contribution >= 0.6 is 12.2 Å². The topological polar surface area (TPSA) is 61.4 Å². The van der Waals surface area contributed by atoms with E-state index in [1.807, 2.05) is 0 Å². The summed E-state index contributed by atoms with van der Waals surface area (Å²) in [6.07, 6.45) is -1.77. The summed E-state index contributed by atoms with van der Waals surface area (Å²) >= 11 is 5.19. The lowest BCUT2D eigenvalue weighted by atomic mass is 10.2. The van der Waals surface area contributed by atoms with Crippen molar-refractivity contribution in [2.45, 2.75) is 37.3 Å². The number of rotatable bonds is 4. The van der Waals surface area contributed by atoms with E-state index in [9.17, 15) is 21.6 Å². The van der Waals surface area contributed by atoms with Gasteiger partial charge >= 0.3 is 6.18 Å². The number of hydrogen-bond donors (Lipinski definition) is 2. The zero-order valence-corrected chi connectivity index (χ0v) is 17.9. The Morgan fingerprint density at radius 1 is 1.00 bits per heavy atom. The molecule has 0 unspecified atom stereocenters. The molecule has 1 aliphatic heterocycles. The Balaban J connectivity index is 1.76. The summed E-state index contributed by atoms with van der Waals surface area (Å²) in [5.41, 5.74) is 0.430. The van der Waals surface area contributed by atoms with E-state index >= 15 is 0 Å². The predicted octanol–water partition coefficient (Wildman–Crippen LogP) is 5.00. The summed E-state index contributed by atoms with van der Waals surface area (Å²) in [5.74, 6) is 0. The average molecular weight is 458 g/mol. The number of sulfonamides is 1. The van der Waals surface area contributed by atoms with E-state index < -0.39 is 21.8 Å². The van der Waals surface area contributed by atoms with Crippen LogP contribution in [0, 0.1) is 6.92 Å². The first-order chi connectivity index (χ1) is 14.1. The lowest BCUT2D eigenvalue weighted by Gasteiger charge is -2.26. The second kappa shape index (κ2) is 8.91. The first-order valence-corrected chi connectivity index (χ1v) is 11.3. The van der Waals surface area contributed by atoms with Crippen molar-refractivity contribution in [1.29, 1.82) is 0 Å². The Hall–Kier alpha value is -2.17. The van der Waals surface area contributed by atoms with Crippen molar-refractivity contribution >= 4 is 38.7 Å². The molecule has 0 saturated carbocycles. The molecule has 1 aliphatic rings. The van der Waals surface area contributed by atoms with Gasteiger partial charge in [0, 0.05) is 24.5 Å². The highest BCUT2D eigenvalue weighted by atomic mass is 32.2. The van der Waals surface area contributed by atoms with Crippen molar-refractivity contribution in [2.75, 3.05) is 23.7 Å². The summed E-state index contributed by atoms with van der Waals surface area (Å²) in [5, 5.41) is 5.60. The molecule has 0 spiro atoms. The number of halogens is 3. The van der Waals surface area contributed by atoms with Gasteiger partial charge in [0.2, 0.25) is 10.0 Å². The molecule has 3 rings (SSSR count). The smallest absolute Gasteiger partial charge is 0.332 e. The van der Waals surface area contributed by atoms with Gasteiger partial charge in [-0.15, -0.1) is 0 Å². The Morgan fingerprint density at radius 3 is 2.27 bits per heavy atom. The molecule has 0 radical (unpaired) electrons. The number of nitrogens with one attached hydrogen (secondary N) is 2. The van der Waals surface area contributed by atoms with Gasteiger partial charge < -0.3 is 10.6 Å². The van der Waals surface area contributed by atoms with E-state index in [0.717, 1.165) is 31.4 Å². The SMILES string of the molecule is Cc1ccc(NC(=S)Nc2cccc(C(F)(F)F)c2)cc1S(=O)(=O)N1CCCCC1. The second-order valence-electron chi connectivity index (χ2n) is 7.10. The maximum absolute atomic E-state index is 13.0. The van der Waals surface area contributed by atoms with Gasteiger partial charge in [0.1, 0.15) is 0 Å². The number of thiocarbonyl (C=S) groups is 1. The van der Waals surface area contributed by atoms with Crippen molar-refractivity contribution < 1.29 is 21.6 Å². The molecule has 162 valence electrons. The summed E-state index contributed by atoms with van der Waals surface area (Å²) < 4.78 is 66.1. The molecular formula is C20H22F3N3O2S2. The Kier molecular flexibility index (Phi) is 6.68. The van der Waals surface area contributed by atoms with Crippen LogP contribution in [0.25, 0.3) is 0 Å². The number of anilines is 2. The second-order valence-corrected chi connectivity index (χ2v) is 9.42. The van der Waals surface area contributed by atoms with Gasteiger partial charge in [-0.25, -0.2) is 8.42 Å². The standard InChI is InChI=1S/C20H22F3N3O2S2/c1-14-8-9-17(13-18(14)30(27,28)26-10-3-2-4-11-26)25-19(29)24-16-7-5-6-15(12-16)20(21,22)23/h5-9,12-13H,2-4,10-11H2,1H3,(H2,24,25,29). The van der Waals surface area contributed by atoms with Gasteiger partial charge in [-0.3, -0.25) is 0 Å². The molecule has 30 heavy (non-hydrogen) atoms. The third-order valence-corrected chi connectivity index (χ3v) is 7.07. The third-order valence-electron chi connectivity index (χ3n) is 4.83. The van der Waals surface area contributed by atoms with E-state index in [2.05, 4.69) is 10.6 Å². The molecule has 0 amide bonds. The summed E-state index contributed by atoms with van der Waals surface area (Å²) in [4.78, 5) is 0.191. The van der Waals surface area contributed by atoms with E-state index in [0.29, 0.717) is 24.3 Å². The molecule has 1 heterocycles. The van der Waals surface area contributed by atoms with Gasteiger partial charge in [0.15, 0.2) is 5.11 Å². The van der Waals surface area contributed by atoms with Gasteiger partial charge in [0.25, 0.3) is 0 Å². The van der Waals surface area contributed by atoms with Crippen LogP contribution < -0.4 is 10.6 Å². The van der Waals surface area contributed by atoms with Crippen molar-refractivity contribution in [3.8, 4) is 0 Å². The van der Waals surface area contributed by atoms with E-state index in [1.54, 1.807) is 19.1 Å². The molecule has 10 heteroatoms. The highest BCUT2D eigenvalue weighted by Crippen LogP contribution is 2.31. The van der Waals surface area contributed by atoms with Crippen LogP contribution in [0.4, 0.5) is 24.5 Å². The minimum absolute atomic E-state index is 0.0551. The number of alkyl halides is 3. The van der Waals surface area contributed by atoms with Gasteiger partial charge in [0.05, 0.1) is 10.5 Å². The molecule has 1 fully saturated rings. The molecule has 0 atom stereocenters. The van der Waals surface area contributed by atoms with Gasteiger partial charge in [-0.1, -0.05) is 18.6 Å². The molecule has 2 aromatic carbocycles. The quantitative estimate of drug-likeness (QED) is 0.633. The number of nitrogens with zero attached hydrogens (tertiary/aromatic N) is 1. The van der Waals surface area contributed by atoms with Crippen molar-refractivity contribution in [3.05, 3.63) is 53.6 Å². The van der Waals surface area contributed by atoms with Crippen LogP contribution in [-0.2, 0) is 16.2 Å². The fraction of sp³-hybridized carbons (Fsp3) is 0.350. The fourth-order valence-electron chi connectivity index (χ4n) is 3.27. The Labute approximate surface area is 179 Å². The predicted molar refractivity (Wildman–Crippen MR) is 115 cm³/mol. The van der Waals surface area contributed by atoms with Gasteiger partial charge in [-0.05, 0) is 67.9 Å². The maximum atomic E-state index is 13.0. The van der Waals surface area contributed by atoms with Crippen molar-refractivity contribution in [3.63, 3.8) is 0 Å². The van der Waals surface area contributed by atoms with Crippen LogP contribution in [-0.4, -0.2) is 30.9 Å². The van der Waals surface area contributed by atoms with Crippen LogP contribution in [0.15, 0.2) is 47.4 Å². The van der Waals surface area contributed by atoms with Crippen LogP contribution in [0.2, 0.25) is 0 Å². The number of benzene rings is 2. The summed E-state index contributed by atoms with van der Waals surface area (Å²) in [6.45, 7) is 2.71. The molecule has 5 nitrogen and oxygen atoms in total. The number of aryl methyl sites for hydroxylation is 1. The molecular weight excluding hydrogens is 435 g/mol. The summed E-state index contributed by atoms with van der Waals surface area (Å²) in [6, 6.07) is 9.51. The zero-order valence-electron chi connectivity index (χ0n) is 16.3. The van der Waals surface area contributed by atoms with Crippen LogP contribution in [0.1, 0.15) is 30.4 Å². The van der Waals surface area contributed by atoms with E-state index in [-0.39, 0.29) is 15.7 Å². The highest BCUT2D eigenvalue weighted by molar-refractivity contribution is 7.89. The Morgan fingerprint density at radius 2 is 1.63 bits per heavy atom. The molecule has 0 aliphatic carbocycles. The maximum Gasteiger partial charge on any atom is 0.416 e. The number of piperidine rings is 1. The first kappa shape index (κ1) is 22.5. The average Bonchev–Trinajstić information content (AvgIpc) is 2.69. The normalized spacial score (nSPS) is 15.6. The van der Waals surface area contributed by atoms with E-state index in [4.69, 9.17) is 12.2 Å². The first-order valence-electron chi connectivity index (χ1n) is 9.43. The zero-order chi connectivity index (χ0) is 21.9.